The highest BCUT2D eigenvalue weighted by molar-refractivity contribution is 6.03. The smallest absolute Gasteiger partial charge is 0.167 e. The van der Waals surface area contributed by atoms with E-state index >= 15 is 0 Å². The third kappa shape index (κ3) is 2.78. The molecule has 0 amide bonds. The van der Waals surface area contributed by atoms with Gasteiger partial charge in [0, 0.05) is 6.42 Å². The van der Waals surface area contributed by atoms with Crippen LogP contribution in [0.15, 0.2) is 42.5 Å². The molecule has 0 aromatic heterocycles. The third-order valence-corrected chi connectivity index (χ3v) is 5.22. The van der Waals surface area contributed by atoms with Crippen molar-refractivity contribution >= 4 is 5.78 Å². The summed E-state index contributed by atoms with van der Waals surface area (Å²) >= 11 is 0. The number of fused-ring (bicyclic) bond motifs is 1. The van der Waals surface area contributed by atoms with E-state index in [9.17, 15) is 4.79 Å². The average molecular weight is 306 g/mol. The molecule has 2 aliphatic rings. The maximum atomic E-state index is 12.4. The summed E-state index contributed by atoms with van der Waals surface area (Å²) in [5.74, 6) is 2.32. The first-order valence-electron chi connectivity index (χ1n) is 8.59. The van der Waals surface area contributed by atoms with Crippen molar-refractivity contribution in [3.8, 4) is 5.75 Å². The molecule has 2 nitrogen and oxygen atoms in total. The van der Waals surface area contributed by atoms with Gasteiger partial charge in [-0.2, -0.15) is 0 Å². The van der Waals surface area contributed by atoms with E-state index in [1.54, 1.807) is 0 Å². The molecule has 118 valence electrons. The molecular weight excluding hydrogens is 284 g/mol. The number of benzene rings is 2. The summed E-state index contributed by atoms with van der Waals surface area (Å²) in [4.78, 5) is 12.4. The van der Waals surface area contributed by atoms with Gasteiger partial charge in [-0.05, 0) is 47.8 Å². The summed E-state index contributed by atoms with van der Waals surface area (Å²) in [5, 5.41) is 0. The number of ketones is 1. The van der Waals surface area contributed by atoms with Crippen LogP contribution in [0.25, 0.3) is 0 Å². The lowest BCUT2D eigenvalue weighted by atomic mass is 9.92. The molecule has 0 bridgehead atoms. The fraction of sp³-hybridized carbons (Fsp3) is 0.381. The zero-order chi connectivity index (χ0) is 15.8. The van der Waals surface area contributed by atoms with Crippen LogP contribution >= 0.6 is 0 Å². The van der Waals surface area contributed by atoms with E-state index in [1.807, 2.05) is 18.2 Å². The highest BCUT2D eigenvalue weighted by Crippen LogP contribution is 2.47. The summed E-state index contributed by atoms with van der Waals surface area (Å²) in [7, 11) is 0. The van der Waals surface area contributed by atoms with E-state index in [0.29, 0.717) is 18.9 Å². The first kappa shape index (κ1) is 14.5. The van der Waals surface area contributed by atoms with E-state index < -0.39 is 0 Å². The summed E-state index contributed by atoms with van der Waals surface area (Å²) < 4.78 is 6.21. The standard InChI is InChI=1S/C21H22O2/c1-14(16-7-8-16)18-11-9-17-10-12-19(22)20(17)21(18)23-13-15-5-3-2-4-6-15/h2-6,9,11,14,16H,7-8,10,12-13H2,1H3. The predicted molar refractivity (Wildman–Crippen MR) is 91.0 cm³/mol. The van der Waals surface area contributed by atoms with Crippen molar-refractivity contribution in [3.63, 3.8) is 0 Å². The van der Waals surface area contributed by atoms with Crippen molar-refractivity contribution in [3.05, 3.63) is 64.7 Å². The summed E-state index contributed by atoms with van der Waals surface area (Å²) in [6.07, 6.45) is 4.07. The minimum atomic E-state index is 0.243. The molecule has 1 atom stereocenters. The van der Waals surface area contributed by atoms with Gasteiger partial charge >= 0.3 is 0 Å². The van der Waals surface area contributed by atoms with Crippen LogP contribution in [-0.4, -0.2) is 5.78 Å². The number of hydrogen-bond acceptors (Lipinski definition) is 2. The molecule has 1 unspecified atom stereocenters. The van der Waals surface area contributed by atoms with Gasteiger partial charge in [-0.3, -0.25) is 4.79 Å². The summed E-state index contributed by atoms with van der Waals surface area (Å²) in [6, 6.07) is 14.5. The Balaban J connectivity index is 1.69. The molecule has 0 aliphatic heterocycles. The minimum absolute atomic E-state index is 0.243. The Morgan fingerprint density at radius 2 is 1.87 bits per heavy atom. The summed E-state index contributed by atoms with van der Waals surface area (Å²) in [5.41, 5.74) is 4.37. The van der Waals surface area contributed by atoms with E-state index in [0.717, 1.165) is 34.8 Å². The molecule has 4 rings (SSSR count). The van der Waals surface area contributed by atoms with Crippen molar-refractivity contribution in [2.45, 2.75) is 45.1 Å². The Labute approximate surface area is 137 Å². The lowest BCUT2D eigenvalue weighted by molar-refractivity contribution is 0.0990. The van der Waals surface area contributed by atoms with Crippen LogP contribution in [0.4, 0.5) is 0 Å². The van der Waals surface area contributed by atoms with Gasteiger partial charge in [-0.15, -0.1) is 0 Å². The lowest BCUT2D eigenvalue weighted by Gasteiger charge is -2.19. The fourth-order valence-corrected chi connectivity index (χ4v) is 3.62. The second kappa shape index (κ2) is 5.84. The number of Topliss-reactive ketones (excluding diaryl/α,β-unsaturated/α-hetero) is 1. The Bertz CT molecular complexity index is 729. The van der Waals surface area contributed by atoms with Gasteiger partial charge in [0.1, 0.15) is 12.4 Å². The molecule has 1 fully saturated rings. The van der Waals surface area contributed by atoms with Crippen LogP contribution in [0.5, 0.6) is 5.75 Å². The number of aryl methyl sites for hydroxylation is 1. The average Bonchev–Trinajstić information content (AvgIpc) is 3.37. The second-order valence-corrected chi connectivity index (χ2v) is 6.84. The largest absolute Gasteiger partial charge is 0.488 e. The Hall–Kier alpha value is -2.09. The van der Waals surface area contributed by atoms with Crippen LogP contribution in [0.3, 0.4) is 0 Å². The van der Waals surface area contributed by atoms with Crippen molar-refractivity contribution in [1.82, 2.24) is 0 Å². The Morgan fingerprint density at radius 1 is 1.09 bits per heavy atom. The van der Waals surface area contributed by atoms with E-state index in [-0.39, 0.29) is 5.78 Å². The SMILES string of the molecule is CC(c1ccc2c(c1OCc1ccccc1)C(=O)CC2)C1CC1. The van der Waals surface area contributed by atoms with Gasteiger partial charge in [0.05, 0.1) is 5.56 Å². The molecule has 2 aromatic carbocycles. The van der Waals surface area contributed by atoms with Crippen LogP contribution in [0.2, 0.25) is 0 Å². The number of ether oxygens (including phenoxy) is 1. The van der Waals surface area contributed by atoms with E-state index in [4.69, 9.17) is 4.74 Å². The highest BCUT2D eigenvalue weighted by Gasteiger charge is 2.34. The third-order valence-electron chi connectivity index (χ3n) is 5.22. The maximum Gasteiger partial charge on any atom is 0.167 e. The van der Waals surface area contributed by atoms with Gasteiger partial charge in [-0.1, -0.05) is 49.4 Å². The molecule has 2 aliphatic carbocycles. The van der Waals surface area contributed by atoms with Crippen LogP contribution < -0.4 is 4.74 Å². The lowest BCUT2D eigenvalue weighted by Crippen LogP contribution is -2.07. The molecule has 23 heavy (non-hydrogen) atoms. The van der Waals surface area contributed by atoms with Gasteiger partial charge in [0.25, 0.3) is 0 Å². The van der Waals surface area contributed by atoms with Crippen LogP contribution in [0.1, 0.15) is 59.2 Å². The molecule has 0 spiro atoms. The molecular formula is C21H22O2. The monoisotopic (exact) mass is 306 g/mol. The minimum Gasteiger partial charge on any atom is -0.488 e. The Morgan fingerprint density at radius 3 is 2.61 bits per heavy atom. The maximum absolute atomic E-state index is 12.4. The first-order chi connectivity index (χ1) is 11.2. The van der Waals surface area contributed by atoms with Gasteiger partial charge in [-0.25, -0.2) is 0 Å². The van der Waals surface area contributed by atoms with Crippen molar-refractivity contribution < 1.29 is 9.53 Å². The number of carbonyl (C=O) groups is 1. The second-order valence-electron chi connectivity index (χ2n) is 6.84. The number of hydrogen-bond donors (Lipinski definition) is 0. The molecule has 2 heteroatoms. The van der Waals surface area contributed by atoms with Gasteiger partial charge in [0.2, 0.25) is 0 Å². The molecule has 2 aromatic rings. The Kier molecular flexibility index (Phi) is 3.68. The normalized spacial score (nSPS) is 17.9. The molecule has 0 saturated heterocycles. The zero-order valence-electron chi connectivity index (χ0n) is 13.5. The van der Waals surface area contributed by atoms with E-state index in [1.165, 1.54) is 18.4 Å². The molecule has 0 N–H and O–H groups in total. The van der Waals surface area contributed by atoms with Crippen molar-refractivity contribution in [2.24, 2.45) is 5.92 Å². The molecule has 0 radical (unpaired) electrons. The van der Waals surface area contributed by atoms with Crippen LogP contribution in [0, 0.1) is 5.92 Å². The molecule has 0 heterocycles. The van der Waals surface area contributed by atoms with Crippen LogP contribution in [-0.2, 0) is 13.0 Å². The topological polar surface area (TPSA) is 26.3 Å². The van der Waals surface area contributed by atoms with E-state index in [2.05, 4.69) is 31.2 Å². The number of carbonyl (C=O) groups excluding carboxylic acids is 1. The van der Waals surface area contributed by atoms with Crippen molar-refractivity contribution in [1.29, 1.82) is 0 Å². The highest BCUT2D eigenvalue weighted by atomic mass is 16.5. The predicted octanol–water partition coefficient (Wildman–Crippen LogP) is 4.91. The fourth-order valence-electron chi connectivity index (χ4n) is 3.62. The number of rotatable bonds is 5. The summed E-state index contributed by atoms with van der Waals surface area (Å²) in [6.45, 7) is 2.79. The van der Waals surface area contributed by atoms with Crippen molar-refractivity contribution in [2.75, 3.05) is 0 Å². The quantitative estimate of drug-likeness (QED) is 0.784. The first-order valence-corrected chi connectivity index (χ1v) is 8.59. The zero-order valence-corrected chi connectivity index (χ0v) is 13.5. The molecule has 1 saturated carbocycles. The van der Waals surface area contributed by atoms with Gasteiger partial charge < -0.3 is 4.74 Å². The van der Waals surface area contributed by atoms with Gasteiger partial charge in [0.15, 0.2) is 5.78 Å².